The van der Waals surface area contributed by atoms with Crippen LogP contribution in [-0.4, -0.2) is 52.1 Å². The van der Waals surface area contributed by atoms with Crippen LogP contribution in [0.15, 0.2) is 12.1 Å². The van der Waals surface area contributed by atoms with Crippen molar-refractivity contribution in [2.45, 2.75) is 6.54 Å². The molecule has 0 fully saturated rings. The van der Waals surface area contributed by atoms with Gasteiger partial charge in [0.05, 0.1) is 11.6 Å². The normalized spacial score (nSPS) is 13.2. The summed E-state index contributed by atoms with van der Waals surface area (Å²) in [4.78, 5) is 2.23. The fraction of sp³-hybridized carbons (Fsp3) is 0.571. The number of benzene rings is 1. The molecule has 0 atom stereocenters. The Morgan fingerprint density at radius 3 is 3.00 bits per heavy atom. The Morgan fingerprint density at radius 2 is 2.20 bits per heavy atom. The molecule has 0 saturated carbocycles. The van der Waals surface area contributed by atoms with Gasteiger partial charge in [0.25, 0.3) is 0 Å². The molecule has 0 aliphatic carbocycles. The van der Waals surface area contributed by atoms with Crippen molar-refractivity contribution in [3.8, 4) is 11.5 Å². The first-order valence-corrected chi connectivity index (χ1v) is 7.04. The van der Waals surface area contributed by atoms with Gasteiger partial charge in [-0.25, -0.2) is 0 Å². The second kappa shape index (κ2) is 7.69. The molecule has 1 aromatic carbocycles. The Hall–Kier alpha value is -1.01. The summed E-state index contributed by atoms with van der Waals surface area (Å²) in [5.41, 5.74) is 1.10. The van der Waals surface area contributed by atoms with Crippen LogP contribution in [0.3, 0.4) is 0 Å². The highest BCUT2D eigenvalue weighted by atomic mass is 35.5. The molecule has 0 amide bonds. The molecule has 1 aliphatic rings. The monoisotopic (exact) mass is 300 g/mol. The van der Waals surface area contributed by atoms with E-state index < -0.39 is 0 Å². The smallest absolute Gasteiger partial charge is 0.231 e. The van der Waals surface area contributed by atoms with Gasteiger partial charge in [-0.3, -0.25) is 0 Å². The molecule has 0 spiro atoms. The molecule has 5 nitrogen and oxygen atoms in total. The SMILES string of the molecule is COCCN(C)CCNCc1cc(Cl)c2c(c1)OCO2. The van der Waals surface area contributed by atoms with Gasteiger partial charge in [0.15, 0.2) is 11.5 Å². The summed E-state index contributed by atoms with van der Waals surface area (Å²) in [7, 11) is 3.80. The van der Waals surface area contributed by atoms with E-state index in [-0.39, 0.29) is 6.79 Å². The molecule has 0 saturated heterocycles. The lowest BCUT2D eigenvalue weighted by atomic mass is 10.2. The van der Waals surface area contributed by atoms with Crippen LogP contribution in [0.5, 0.6) is 11.5 Å². The van der Waals surface area contributed by atoms with Gasteiger partial charge in [0.2, 0.25) is 6.79 Å². The van der Waals surface area contributed by atoms with E-state index in [4.69, 9.17) is 25.8 Å². The zero-order chi connectivity index (χ0) is 14.4. The molecule has 20 heavy (non-hydrogen) atoms. The van der Waals surface area contributed by atoms with Crippen LogP contribution < -0.4 is 14.8 Å². The maximum atomic E-state index is 6.14. The first kappa shape index (κ1) is 15.4. The molecule has 1 N–H and O–H groups in total. The molecule has 1 aliphatic heterocycles. The zero-order valence-electron chi connectivity index (χ0n) is 11.9. The standard InChI is InChI=1S/C14H21ClN2O3/c1-17(5-6-18-2)4-3-16-9-11-7-12(15)14-13(8-11)19-10-20-14/h7-8,16H,3-6,9-10H2,1-2H3. The third-order valence-corrected chi connectivity index (χ3v) is 3.44. The van der Waals surface area contributed by atoms with Crippen molar-refractivity contribution in [3.05, 3.63) is 22.7 Å². The summed E-state index contributed by atoms with van der Waals surface area (Å²) < 4.78 is 15.7. The zero-order valence-corrected chi connectivity index (χ0v) is 12.7. The lowest BCUT2D eigenvalue weighted by Gasteiger charge is -2.16. The van der Waals surface area contributed by atoms with E-state index >= 15 is 0 Å². The molecule has 1 aromatic rings. The van der Waals surface area contributed by atoms with Gasteiger partial charge < -0.3 is 24.4 Å². The number of ether oxygens (including phenoxy) is 3. The van der Waals surface area contributed by atoms with Crippen LogP contribution in [0.1, 0.15) is 5.56 Å². The van der Waals surface area contributed by atoms with Crippen molar-refractivity contribution in [1.82, 2.24) is 10.2 Å². The molecular formula is C14H21ClN2O3. The van der Waals surface area contributed by atoms with E-state index in [1.165, 1.54) is 0 Å². The van der Waals surface area contributed by atoms with Crippen molar-refractivity contribution in [1.29, 1.82) is 0 Å². The molecule has 0 unspecified atom stereocenters. The highest BCUT2D eigenvalue weighted by Crippen LogP contribution is 2.39. The largest absolute Gasteiger partial charge is 0.454 e. The van der Waals surface area contributed by atoms with Crippen molar-refractivity contribution in [2.24, 2.45) is 0 Å². The van der Waals surface area contributed by atoms with Crippen LogP contribution >= 0.6 is 11.6 Å². The van der Waals surface area contributed by atoms with Gasteiger partial charge in [0, 0.05) is 33.3 Å². The highest BCUT2D eigenvalue weighted by Gasteiger charge is 2.17. The van der Waals surface area contributed by atoms with Gasteiger partial charge in [-0.2, -0.15) is 0 Å². The predicted molar refractivity (Wildman–Crippen MR) is 78.7 cm³/mol. The third-order valence-electron chi connectivity index (χ3n) is 3.16. The Kier molecular flexibility index (Phi) is 5.91. The average molecular weight is 301 g/mol. The minimum absolute atomic E-state index is 0.246. The quantitative estimate of drug-likeness (QED) is 0.741. The van der Waals surface area contributed by atoms with Gasteiger partial charge in [-0.1, -0.05) is 11.6 Å². The number of rotatable bonds is 8. The number of fused-ring (bicyclic) bond motifs is 1. The summed E-state index contributed by atoms with van der Waals surface area (Å²) in [6.07, 6.45) is 0. The average Bonchev–Trinajstić information content (AvgIpc) is 2.90. The van der Waals surface area contributed by atoms with E-state index in [9.17, 15) is 0 Å². The van der Waals surface area contributed by atoms with Crippen LogP contribution in [0.4, 0.5) is 0 Å². The Labute approximate surface area is 124 Å². The van der Waals surface area contributed by atoms with Gasteiger partial charge in [-0.15, -0.1) is 0 Å². The van der Waals surface area contributed by atoms with E-state index in [1.54, 1.807) is 7.11 Å². The van der Waals surface area contributed by atoms with Crippen molar-refractivity contribution < 1.29 is 14.2 Å². The lowest BCUT2D eigenvalue weighted by molar-refractivity contribution is 0.161. The van der Waals surface area contributed by atoms with E-state index in [0.29, 0.717) is 10.8 Å². The number of hydrogen-bond acceptors (Lipinski definition) is 5. The molecular weight excluding hydrogens is 280 g/mol. The van der Waals surface area contributed by atoms with Crippen molar-refractivity contribution in [2.75, 3.05) is 47.2 Å². The highest BCUT2D eigenvalue weighted by molar-refractivity contribution is 6.32. The predicted octanol–water partition coefficient (Wildman–Crippen LogP) is 1.74. The van der Waals surface area contributed by atoms with Gasteiger partial charge >= 0.3 is 0 Å². The van der Waals surface area contributed by atoms with Crippen LogP contribution in [0.2, 0.25) is 5.02 Å². The molecule has 6 heteroatoms. The van der Waals surface area contributed by atoms with Crippen molar-refractivity contribution in [3.63, 3.8) is 0 Å². The van der Waals surface area contributed by atoms with Gasteiger partial charge in [0.1, 0.15) is 0 Å². The van der Waals surface area contributed by atoms with Crippen LogP contribution in [0, 0.1) is 0 Å². The van der Waals surface area contributed by atoms with Crippen LogP contribution in [-0.2, 0) is 11.3 Å². The topological polar surface area (TPSA) is 43.0 Å². The number of halogens is 1. The van der Waals surface area contributed by atoms with E-state index in [0.717, 1.165) is 44.1 Å². The molecule has 0 radical (unpaired) electrons. The lowest BCUT2D eigenvalue weighted by Crippen LogP contribution is -2.31. The number of nitrogens with one attached hydrogen (secondary N) is 1. The maximum absolute atomic E-state index is 6.14. The summed E-state index contributed by atoms with van der Waals surface area (Å²) in [5, 5.41) is 4.00. The molecule has 2 rings (SSSR count). The number of methoxy groups -OCH3 is 1. The second-order valence-corrected chi connectivity index (χ2v) is 5.19. The molecule has 0 bridgehead atoms. The summed E-state index contributed by atoms with van der Waals surface area (Å²) >= 11 is 6.14. The van der Waals surface area contributed by atoms with Crippen LogP contribution in [0.25, 0.3) is 0 Å². The minimum atomic E-state index is 0.246. The summed E-state index contributed by atoms with van der Waals surface area (Å²) in [6.45, 7) is 4.58. The van der Waals surface area contributed by atoms with Gasteiger partial charge in [-0.05, 0) is 24.7 Å². The van der Waals surface area contributed by atoms with E-state index in [1.807, 2.05) is 12.1 Å². The second-order valence-electron chi connectivity index (χ2n) is 4.78. The Bertz CT molecular complexity index is 443. The minimum Gasteiger partial charge on any atom is -0.454 e. The van der Waals surface area contributed by atoms with E-state index in [2.05, 4.69) is 17.3 Å². The fourth-order valence-electron chi connectivity index (χ4n) is 1.98. The molecule has 1 heterocycles. The number of hydrogen-bond donors (Lipinski definition) is 1. The number of nitrogens with zero attached hydrogens (tertiary/aromatic N) is 1. The summed E-state index contributed by atoms with van der Waals surface area (Å²) in [5.74, 6) is 1.38. The number of likely N-dealkylation sites (N-methyl/N-ethyl adjacent to an activating group) is 1. The van der Waals surface area contributed by atoms with Crippen molar-refractivity contribution >= 4 is 11.6 Å². The fourth-order valence-corrected chi connectivity index (χ4v) is 2.27. The first-order chi connectivity index (χ1) is 9.70. The molecule has 0 aromatic heterocycles. The third kappa shape index (κ3) is 4.24. The Morgan fingerprint density at radius 1 is 1.35 bits per heavy atom. The molecule has 112 valence electrons. The maximum Gasteiger partial charge on any atom is 0.231 e. The first-order valence-electron chi connectivity index (χ1n) is 6.67. The Balaban J connectivity index is 1.73. The summed E-state index contributed by atoms with van der Waals surface area (Å²) in [6, 6.07) is 3.88.